The normalized spacial score (nSPS) is 11.8. The second-order valence-corrected chi connectivity index (χ2v) is 8.73. The van der Waals surface area contributed by atoms with E-state index < -0.39 is 8.32 Å². The summed E-state index contributed by atoms with van der Waals surface area (Å²) in [6, 6.07) is 10.7. The van der Waals surface area contributed by atoms with Crippen molar-refractivity contribution < 1.29 is 4.43 Å². The number of rotatable bonds is 7. The second-order valence-electron chi connectivity index (χ2n) is 4.44. The van der Waals surface area contributed by atoms with Gasteiger partial charge in [0.15, 0.2) is 0 Å². The van der Waals surface area contributed by atoms with Crippen molar-refractivity contribution >= 4 is 25.1 Å². The maximum absolute atomic E-state index is 6.23. The van der Waals surface area contributed by atoms with Gasteiger partial charge >= 0.3 is 0 Å². The van der Waals surface area contributed by atoms with Gasteiger partial charge < -0.3 is 4.43 Å². The van der Waals surface area contributed by atoms with Crippen molar-refractivity contribution in [3.05, 3.63) is 29.3 Å². The second kappa shape index (κ2) is 7.19. The highest BCUT2D eigenvalue weighted by Gasteiger charge is 2.35. The molecule has 1 nitrogen and oxygen atoms in total. The lowest BCUT2D eigenvalue weighted by Crippen LogP contribution is -2.50. The lowest BCUT2D eigenvalue weighted by molar-refractivity contribution is 0.327. The fourth-order valence-corrected chi connectivity index (χ4v) is 7.05. The first-order chi connectivity index (χ1) is 8.18. The van der Waals surface area contributed by atoms with Crippen molar-refractivity contribution in [2.75, 3.05) is 6.61 Å². The Balaban J connectivity index is 3.09. The zero-order chi connectivity index (χ0) is 12.7. The lowest BCUT2D eigenvalue weighted by Gasteiger charge is -2.31. The average Bonchev–Trinajstić information content (AvgIpc) is 2.30. The highest BCUT2D eigenvalue weighted by molar-refractivity contribution is 6.86. The summed E-state index contributed by atoms with van der Waals surface area (Å²) in [6.45, 7) is 7.37. The number of benzene rings is 1. The van der Waals surface area contributed by atoms with Gasteiger partial charge in [-0.2, -0.15) is 0 Å². The Labute approximate surface area is 111 Å². The zero-order valence-corrected chi connectivity index (χ0v) is 12.9. The predicted molar refractivity (Wildman–Crippen MR) is 78.7 cm³/mol. The van der Waals surface area contributed by atoms with E-state index in [0.717, 1.165) is 11.6 Å². The van der Waals surface area contributed by atoms with E-state index in [9.17, 15) is 0 Å². The standard InChI is InChI=1S/C14H23ClOSi/c1-4-10-17(11-5-2,16-6-3)14-9-7-8-13(15)12-14/h7-9,12H,4-6,10-11H2,1-3H3. The molecule has 0 amide bonds. The van der Waals surface area contributed by atoms with Gasteiger partial charge in [0.1, 0.15) is 0 Å². The summed E-state index contributed by atoms with van der Waals surface area (Å²) in [4.78, 5) is 0. The summed E-state index contributed by atoms with van der Waals surface area (Å²) < 4.78 is 6.23. The molecule has 0 N–H and O–H groups in total. The van der Waals surface area contributed by atoms with Crippen molar-refractivity contribution in [2.24, 2.45) is 0 Å². The van der Waals surface area contributed by atoms with Gasteiger partial charge in [-0.3, -0.25) is 0 Å². The maximum atomic E-state index is 6.23. The van der Waals surface area contributed by atoms with Crippen molar-refractivity contribution in [2.45, 2.75) is 45.7 Å². The molecule has 0 heterocycles. The minimum absolute atomic E-state index is 0.804. The van der Waals surface area contributed by atoms with Gasteiger partial charge in [-0.25, -0.2) is 0 Å². The van der Waals surface area contributed by atoms with Crippen molar-refractivity contribution in [1.29, 1.82) is 0 Å². The van der Waals surface area contributed by atoms with Crippen LogP contribution in [0.5, 0.6) is 0 Å². The Morgan fingerprint density at radius 1 is 1.12 bits per heavy atom. The summed E-state index contributed by atoms with van der Waals surface area (Å²) >= 11 is 6.12. The van der Waals surface area contributed by atoms with E-state index in [1.54, 1.807) is 0 Å². The fourth-order valence-electron chi connectivity index (χ4n) is 2.50. The van der Waals surface area contributed by atoms with Gasteiger partial charge in [-0.15, -0.1) is 0 Å². The van der Waals surface area contributed by atoms with E-state index in [1.165, 1.54) is 30.1 Å². The lowest BCUT2D eigenvalue weighted by atomic mass is 10.4. The van der Waals surface area contributed by atoms with Crippen LogP contribution < -0.4 is 5.19 Å². The Bertz CT molecular complexity index is 324. The van der Waals surface area contributed by atoms with E-state index >= 15 is 0 Å². The molecule has 0 aromatic heterocycles. The summed E-state index contributed by atoms with van der Waals surface area (Å²) in [6.07, 6.45) is 2.36. The topological polar surface area (TPSA) is 9.23 Å². The molecule has 17 heavy (non-hydrogen) atoms. The van der Waals surface area contributed by atoms with E-state index in [4.69, 9.17) is 16.0 Å². The summed E-state index contributed by atoms with van der Waals surface area (Å²) in [5.74, 6) is 0. The van der Waals surface area contributed by atoms with E-state index in [0.29, 0.717) is 0 Å². The third-order valence-corrected chi connectivity index (χ3v) is 8.13. The molecule has 1 rings (SSSR count). The molecule has 0 aliphatic rings. The van der Waals surface area contributed by atoms with Gasteiger partial charge in [0.25, 0.3) is 0 Å². The third-order valence-electron chi connectivity index (χ3n) is 3.08. The predicted octanol–water partition coefficient (Wildman–Crippen LogP) is 4.35. The Kier molecular flexibility index (Phi) is 6.24. The molecule has 0 saturated carbocycles. The van der Waals surface area contributed by atoms with Crippen LogP contribution in [-0.2, 0) is 4.43 Å². The zero-order valence-electron chi connectivity index (χ0n) is 11.1. The molecule has 96 valence electrons. The fraction of sp³-hybridized carbons (Fsp3) is 0.571. The van der Waals surface area contributed by atoms with Gasteiger partial charge in [0, 0.05) is 11.6 Å². The number of halogens is 1. The van der Waals surface area contributed by atoms with Crippen LogP contribution in [0.2, 0.25) is 17.1 Å². The van der Waals surface area contributed by atoms with Gasteiger partial charge in [0.2, 0.25) is 8.32 Å². The molecule has 0 atom stereocenters. The Morgan fingerprint density at radius 2 is 1.76 bits per heavy atom. The molecule has 0 bridgehead atoms. The monoisotopic (exact) mass is 270 g/mol. The van der Waals surface area contributed by atoms with E-state index in [-0.39, 0.29) is 0 Å². The Hall–Kier alpha value is -0.313. The minimum atomic E-state index is -1.79. The number of hydrogen-bond donors (Lipinski definition) is 0. The maximum Gasteiger partial charge on any atom is 0.224 e. The van der Waals surface area contributed by atoms with Crippen molar-refractivity contribution in [1.82, 2.24) is 0 Å². The summed E-state index contributed by atoms with van der Waals surface area (Å²) in [5, 5.41) is 2.18. The molecule has 0 radical (unpaired) electrons. The van der Waals surface area contributed by atoms with Crippen LogP contribution in [0.3, 0.4) is 0 Å². The molecule has 0 saturated heterocycles. The molecular weight excluding hydrogens is 248 g/mol. The van der Waals surface area contributed by atoms with Crippen molar-refractivity contribution in [3.8, 4) is 0 Å². The molecule has 0 aliphatic carbocycles. The van der Waals surface area contributed by atoms with Crippen LogP contribution in [0.1, 0.15) is 33.6 Å². The molecule has 1 aromatic carbocycles. The third kappa shape index (κ3) is 3.83. The van der Waals surface area contributed by atoms with Gasteiger partial charge in [0.05, 0.1) is 0 Å². The minimum Gasteiger partial charge on any atom is -0.413 e. The molecule has 0 unspecified atom stereocenters. The molecule has 0 aliphatic heterocycles. The van der Waals surface area contributed by atoms with Crippen LogP contribution in [0.4, 0.5) is 0 Å². The molecule has 0 spiro atoms. The van der Waals surface area contributed by atoms with Crippen LogP contribution >= 0.6 is 11.6 Å². The quantitative estimate of drug-likeness (QED) is 0.670. The van der Waals surface area contributed by atoms with E-state index in [2.05, 4.69) is 32.9 Å². The van der Waals surface area contributed by atoms with Gasteiger partial charge in [-0.05, 0) is 36.3 Å². The van der Waals surface area contributed by atoms with Crippen LogP contribution in [0.25, 0.3) is 0 Å². The average molecular weight is 271 g/mol. The smallest absolute Gasteiger partial charge is 0.224 e. The first kappa shape index (κ1) is 14.7. The van der Waals surface area contributed by atoms with Crippen LogP contribution in [0.15, 0.2) is 24.3 Å². The Morgan fingerprint density at radius 3 is 2.24 bits per heavy atom. The van der Waals surface area contributed by atoms with Crippen LogP contribution in [0, 0.1) is 0 Å². The molecule has 1 aromatic rings. The van der Waals surface area contributed by atoms with E-state index in [1.807, 2.05) is 12.1 Å². The van der Waals surface area contributed by atoms with Gasteiger partial charge in [-0.1, -0.05) is 50.4 Å². The summed E-state index contributed by atoms with van der Waals surface area (Å²) in [7, 11) is -1.79. The molecule has 3 heteroatoms. The molecular formula is C14H23ClOSi. The SMILES string of the molecule is CCC[Si](CCC)(OCC)c1cccc(Cl)c1. The van der Waals surface area contributed by atoms with Crippen molar-refractivity contribution in [3.63, 3.8) is 0 Å². The highest BCUT2D eigenvalue weighted by atomic mass is 35.5. The highest BCUT2D eigenvalue weighted by Crippen LogP contribution is 2.22. The first-order valence-electron chi connectivity index (χ1n) is 6.58. The van der Waals surface area contributed by atoms with Crippen LogP contribution in [-0.4, -0.2) is 14.9 Å². The molecule has 0 fully saturated rings. The largest absolute Gasteiger partial charge is 0.413 e. The first-order valence-corrected chi connectivity index (χ1v) is 9.28. The summed E-state index contributed by atoms with van der Waals surface area (Å²) in [5.41, 5.74) is 0. The number of hydrogen-bond acceptors (Lipinski definition) is 1.